The van der Waals surface area contributed by atoms with E-state index in [0.29, 0.717) is 103 Å². The van der Waals surface area contributed by atoms with Crippen LogP contribution in [0.5, 0.6) is 0 Å². The van der Waals surface area contributed by atoms with Crippen LogP contribution >= 0.6 is 0 Å². The minimum absolute atomic E-state index is 0.0596. The number of nitrogens with zero attached hydrogens (tertiary/aromatic N) is 2. The lowest BCUT2D eigenvalue weighted by Gasteiger charge is -2.73. The minimum Gasteiger partial charge on any atom is -0.508 e. The first-order chi connectivity index (χ1) is 33.2. The van der Waals surface area contributed by atoms with Crippen molar-refractivity contribution in [1.82, 2.24) is 9.80 Å². The zero-order chi connectivity index (χ0) is 45.3. The summed E-state index contributed by atoms with van der Waals surface area (Å²) in [5.41, 5.74) is 12.8. The molecule has 4 bridgehead atoms. The molecule has 7 heterocycles. The number of aliphatic hydroxyl groups excluding tert-OH is 1. The SMILES string of the molecule is C[C@@H]1/C=C\[C@H]2C[C@@H]3[C@@H]4C5=C2[C@@]26C(=O)O/C7=C(/O)[C@@H]8[C@H](C#CCc9ccc(CCCN)c%10c9[C@@](OC%10=O)([C@H]2C1)[C@]76CC5)[C@H]1CC[C@@H](C2CCCCC2)[C@@H]8N2C[C@H]5C[C@H](CN6C4=C(CC[C@@H]56)C[C@H]3C)[C@@H]12. The molecule has 0 unspecified atom stereocenters. The van der Waals surface area contributed by atoms with Gasteiger partial charge in [0.1, 0.15) is 11.2 Å². The lowest BCUT2D eigenvalue weighted by Crippen LogP contribution is -2.78. The van der Waals surface area contributed by atoms with E-state index in [-0.39, 0.29) is 53.5 Å². The van der Waals surface area contributed by atoms with Crippen LogP contribution in [-0.4, -0.2) is 64.6 Å². The molecule has 18 atom stereocenters. The highest BCUT2D eigenvalue weighted by Crippen LogP contribution is 2.88. The Morgan fingerprint density at radius 1 is 0.912 bits per heavy atom. The van der Waals surface area contributed by atoms with Crippen molar-refractivity contribution in [3.8, 4) is 11.8 Å². The zero-order valence-electron chi connectivity index (χ0n) is 40.4. The Morgan fingerprint density at radius 2 is 1.78 bits per heavy atom. The van der Waals surface area contributed by atoms with E-state index in [9.17, 15) is 5.11 Å². The molecule has 7 aliphatic heterocycles. The summed E-state index contributed by atoms with van der Waals surface area (Å²) < 4.78 is 14.8. The van der Waals surface area contributed by atoms with E-state index < -0.39 is 16.4 Å². The number of esters is 2. The Hall–Kier alpha value is -3.80. The molecule has 8 aliphatic carbocycles. The Morgan fingerprint density at radius 3 is 2.65 bits per heavy atom. The van der Waals surface area contributed by atoms with Gasteiger partial charge in [0.05, 0.1) is 11.0 Å². The number of carbonyl (C=O) groups excluding carboxylic acids is 2. The molecule has 0 aromatic heterocycles. The predicted molar refractivity (Wildman–Crippen MR) is 257 cm³/mol. The number of aryl methyl sites for hydroxylation is 1. The second-order valence-corrected chi connectivity index (χ2v) is 25.8. The van der Waals surface area contributed by atoms with Crippen molar-refractivity contribution in [2.75, 3.05) is 19.6 Å². The lowest BCUT2D eigenvalue weighted by atomic mass is 9.27. The van der Waals surface area contributed by atoms with E-state index >= 15 is 9.59 Å². The molecular formula is C60H71N3O5. The van der Waals surface area contributed by atoms with Crippen LogP contribution in [0.4, 0.5) is 0 Å². The number of carbonyl (C=O) groups is 2. The van der Waals surface area contributed by atoms with Crippen LogP contribution in [0.1, 0.15) is 144 Å². The van der Waals surface area contributed by atoms with Crippen molar-refractivity contribution in [2.24, 2.45) is 93.5 Å². The molecular weight excluding hydrogens is 843 g/mol. The van der Waals surface area contributed by atoms with E-state index in [1.165, 1.54) is 75.4 Å². The number of nitrogens with two attached hydrogens (primary N) is 1. The highest BCUT2D eigenvalue weighted by Gasteiger charge is 2.94. The number of hydrogen-bond acceptors (Lipinski definition) is 8. The smallest absolute Gasteiger partial charge is 0.339 e. The summed E-state index contributed by atoms with van der Waals surface area (Å²) in [5, 5.41) is 14.3. The fraction of sp³-hybridized carbons (Fsp3) is 0.700. The number of benzene rings is 1. The summed E-state index contributed by atoms with van der Waals surface area (Å²) in [4.78, 5) is 38.0. The van der Waals surface area contributed by atoms with Crippen molar-refractivity contribution in [3.63, 3.8) is 0 Å². The Kier molecular flexibility index (Phi) is 8.29. The average Bonchev–Trinajstić information content (AvgIpc) is 3.65. The zero-order valence-corrected chi connectivity index (χ0v) is 40.4. The van der Waals surface area contributed by atoms with Gasteiger partial charge in [0, 0.05) is 72.6 Å². The van der Waals surface area contributed by atoms with Crippen molar-refractivity contribution in [1.29, 1.82) is 0 Å². The molecule has 15 aliphatic rings. The van der Waals surface area contributed by atoms with Crippen LogP contribution in [-0.2, 0) is 32.7 Å². The summed E-state index contributed by atoms with van der Waals surface area (Å²) in [6.07, 6.45) is 23.8. The van der Waals surface area contributed by atoms with E-state index in [2.05, 4.69) is 59.8 Å². The van der Waals surface area contributed by atoms with Crippen molar-refractivity contribution in [3.05, 3.63) is 80.5 Å². The first kappa shape index (κ1) is 40.9. The monoisotopic (exact) mass is 914 g/mol. The summed E-state index contributed by atoms with van der Waals surface area (Å²) in [5.74, 6) is 11.8. The number of hydrogen-bond donors (Lipinski definition) is 2. The average molecular weight is 914 g/mol. The number of ether oxygens (including phenoxy) is 2. The van der Waals surface area contributed by atoms with Crippen LogP contribution in [0.25, 0.3) is 0 Å². The van der Waals surface area contributed by atoms with E-state index in [1.807, 2.05) is 0 Å². The van der Waals surface area contributed by atoms with Gasteiger partial charge < -0.3 is 25.2 Å². The van der Waals surface area contributed by atoms with Gasteiger partial charge in [-0.1, -0.05) is 93.2 Å². The summed E-state index contributed by atoms with van der Waals surface area (Å²) in [7, 11) is 0. The lowest BCUT2D eigenvalue weighted by molar-refractivity contribution is -0.282. The molecule has 5 saturated heterocycles. The minimum atomic E-state index is -1.19. The number of rotatable bonds is 4. The Bertz CT molecular complexity index is 2700. The molecule has 3 spiro atoms. The van der Waals surface area contributed by atoms with Crippen LogP contribution in [0, 0.1) is 99.6 Å². The van der Waals surface area contributed by atoms with Gasteiger partial charge in [-0.2, -0.15) is 0 Å². The van der Waals surface area contributed by atoms with Crippen LogP contribution in [0.2, 0.25) is 0 Å². The predicted octanol–water partition coefficient (Wildman–Crippen LogP) is 9.68. The van der Waals surface area contributed by atoms with E-state index in [0.717, 1.165) is 55.5 Å². The van der Waals surface area contributed by atoms with Gasteiger partial charge in [0.2, 0.25) is 0 Å². The third-order valence-electron chi connectivity index (χ3n) is 23.6. The second kappa shape index (κ2) is 13.8. The fourth-order valence-electron chi connectivity index (χ4n) is 21.8. The third kappa shape index (κ3) is 4.51. The number of aliphatic hydroxyl groups is 1. The van der Waals surface area contributed by atoms with Crippen LogP contribution in [0.3, 0.4) is 0 Å². The molecule has 68 heavy (non-hydrogen) atoms. The number of piperidine rings is 3. The van der Waals surface area contributed by atoms with Crippen molar-refractivity contribution in [2.45, 2.75) is 153 Å². The molecule has 1 aromatic rings. The van der Waals surface area contributed by atoms with Gasteiger partial charge in [0.25, 0.3) is 0 Å². The molecule has 3 N–H and O–H groups in total. The van der Waals surface area contributed by atoms with E-state index in [1.54, 1.807) is 11.3 Å². The van der Waals surface area contributed by atoms with Crippen molar-refractivity contribution < 1.29 is 24.2 Å². The standard InChI is InChI=1S/C60H71N3O5/c1-30-13-14-35-27-43-31(2)25-36-17-20-44-37-26-38-29-62(44)52(36)47(43)42-21-22-58-55-54(64)48-40(41-19-18-39(32-8-4-3-5-9-32)53(48)63(28-37)51(38)41)12-6-10-34-16-15-33(11-7-23-61)46-50(34)60(58,68-56(46)65)45(24-30)59(58,49(35)42)57(66)67-55/h13-16,30-32,35,37-41,43-45,47-48,51,53,64H,3-5,7-11,17-29,61H2,1-2H3/b14-13-,55-54+/t30-,31-,35+,37-,38-,39+,40-,41-,43+,44+,45+,47+,48-,51+,53+,58-,59-,60+/m1/s1. The molecule has 8 heteroatoms. The molecule has 356 valence electrons. The van der Waals surface area contributed by atoms with Crippen LogP contribution < -0.4 is 5.73 Å². The molecule has 8 nitrogen and oxygen atoms in total. The van der Waals surface area contributed by atoms with Gasteiger partial charge >= 0.3 is 11.9 Å². The number of fused-ring (bicyclic) bond motifs is 10. The molecule has 0 amide bonds. The summed E-state index contributed by atoms with van der Waals surface area (Å²) in [6, 6.07) is 5.50. The third-order valence-corrected chi connectivity index (χ3v) is 23.6. The van der Waals surface area contributed by atoms with Crippen LogP contribution in [0.15, 0.2) is 58.2 Å². The maximum Gasteiger partial charge on any atom is 0.339 e. The largest absolute Gasteiger partial charge is 0.508 e. The molecule has 8 fully saturated rings. The number of allylic oxidation sites excluding steroid dienone is 4. The Balaban J connectivity index is 1.06. The topological polar surface area (TPSA) is 105 Å². The Labute approximate surface area is 402 Å². The van der Waals surface area contributed by atoms with Gasteiger partial charge in [0.15, 0.2) is 11.4 Å². The summed E-state index contributed by atoms with van der Waals surface area (Å²) >= 11 is 0. The van der Waals surface area contributed by atoms with E-state index in [4.69, 9.17) is 15.2 Å². The van der Waals surface area contributed by atoms with Gasteiger partial charge in [-0.15, -0.1) is 0 Å². The molecule has 1 aromatic carbocycles. The first-order valence-corrected chi connectivity index (χ1v) is 28.1. The molecule has 0 radical (unpaired) electrons. The second-order valence-electron chi connectivity index (χ2n) is 25.8. The maximum atomic E-state index is 16.5. The van der Waals surface area contributed by atoms with Gasteiger partial charge in [-0.05, 0) is 154 Å². The first-order valence-electron chi connectivity index (χ1n) is 28.1. The van der Waals surface area contributed by atoms with Gasteiger partial charge in [-0.3, -0.25) is 9.69 Å². The van der Waals surface area contributed by atoms with Crippen molar-refractivity contribution >= 4 is 11.9 Å². The maximum absolute atomic E-state index is 16.5. The summed E-state index contributed by atoms with van der Waals surface area (Å²) in [6.45, 7) is 7.63. The highest BCUT2D eigenvalue weighted by atomic mass is 16.6. The molecule has 3 saturated carbocycles. The fourth-order valence-corrected chi connectivity index (χ4v) is 21.8. The molecule has 16 rings (SSSR count). The highest BCUT2D eigenvalue weighted by molar-refractivity contribution is 6.01. The van der Waals surface area contributed by atoms with Gasteiger partial charge in [-0.25, -0.2) is 4.79 Å². The normalized spacial score (nSPS) is 49.8. The quantitative estimate of drug-likeness (QED) is 0.175.